The van der Waals surface area contributed by atoms with Crippen molar-refractivity contribution in [2.24, 2.45) is 0 Å². The number of nitrogens with one attached hydrogen (secondary N) is 2. The van der Waals surface area contributed by atoms with Crippen molar-refractivity contribution in [3.63, 3.8) is 0 Å². The number of amides is 1. The average Bonchev–Trinajstić information content (AvgIpc) is 3.38. The number of halogens is 1. The third-order valence-electron chi connectivity index (χ3n) is 7.26. The van der Waals surface area contributed by atoms with Gasteiger partial charge in [0.25, 0.3) is 5.91 Å². The van der Waals surface area contributed by atoms with Crippen LogP contribution in [0, 0.1) is 0 Å². The number of aliphatic hydroxyl groups is 1. The normalized spacial score (nSPS) is 13.6. The standard InChI is InChI=1S/C31H34ClN3O4/c1-3-35(4-2)18-21-10-9-20(15-27(21)32)22-14-26(30-29(16-22)38-11-12-39-30)31(37)34-24(19-36)13-23-17-33-28-8-6-5-7-25(23)28/h5-10,14-17,24,33,36H,3-4,11-13,18-19H2,1-2H3,(H,34,37)/t24-/m1/s1. The molecule has 3 N–H and O–H groups in total. The first-order valence-corrected chi connectivity index (χ1v) is 13.8. The highest BCUT2D eigenvalue weighted by molar-refractivity contribution is 6.31. The predicted octanol–water partition coefficient (Wildman–Crippen LogP) is 5.43. The lowest BCUT2D eigenvalue weighted by Crippen LogP contribution is -2.39. The van der Waals surface area contributed by atoms with Crippen molar-refractivity contribution in [2.75, 3.05) is 32.9 Å². The van der Waals surface area contributed by atoms with Crippen LogP contribution in [-0.2, 0) is 13.0 Å². The number of hydrogen-bond acceptors (Lipinski definition) is 5. The van der Waals surface area contributed by atoms with Gasteiger partial charge in [-0.1, -0.05) is 55.8 Å². The van der Waals surface area contributed by atoms with Crippen LogP contribution >= 0.6 is 11.6 Å². The number of nitrogens with zero attached hydrogens (tertiary/aromatic N) is 1. The Morgan fingerprint density at radius 2 is 1.85 bits per heavy atom. The Hall–Kier alpha value is -3.52. The first kappa shape index (κ1) is 27.1. The van der Waals surface area contributed by atoms with Crippen LogP contribution in [0.2, 0.25) is 5.02 Å². The number of rotatable bonds is 10. The molecule has 1 aromatic heterocycles. The number of fused-ring (bicyclic) bond motifs is 2. The monoisotopic (exact) mass is 547 g/mol. The summed E-state index contributed by atoms with van der Waals surface area (Å²) >= 11 is 6.69. The number of para-hydroxylation sites is 1. The fraction of sp³-hybridized carbons (Fsp3) is 0.323. The fourth-order valence-corrected chi connectivity index (χ4v) is 5.26. The van der Waals surface area contributed by atoms with E-state index in [4.69, 9.17) is 21.1 Å². The van der Waals surface area contributed by atoms with Gasteiger partial charge in [0, 0.05) is 28.7 Å². The molecule has 8 heteroatoms. The van der Waals surface area contributed by atoms with Gasteiger partial charge in [0.2, 0.25) is 0 Å². The van der Waals surface area contributed by atoms with E-state index in [2.05, 4.69) is 29.0 Å². The van der Waals surface area contributed by atoms with Gasteiger partial charge in [0.1, 0.15) is 13.2 Å². The van der Waals surface area contributed by atoms with Crippen LogP contribution in [0.3, 0.4) is 0 Å². The van der Waals surface area contributed by atoms with E-state index in [-0.39, 0.29) is 12.5 Å². The number of carbonyl (C=O) groups excluding carboxylic acids is 1. The van der Waals surface area contributed by atoms with Gasteiger partial charge in [0.05, 0.1) is 18.2 Å². The first-order chi connectivity index (χ1) is 19.0. The van der Waals surface area contributed by atoms with Gasteiger partial charge in [0.15, 0.2) is 11.5 Å². The minimum Gasteiger partial charge on any atom is -0.486 e. The van der Waals surface area contributed by atoms with Crippen molar-refractivity contribution < 1.29 is 19.4 Å². The van der Waals surface area contributed by atoms with E-state index in [0.717, 1.165) is 52.8 Å². The summed E-state index contributed by atoms with van der Waals surface area (Å²) in [6.07, 6.45) is 2.40. The summed E-state index contributed by atoms with van der Waals surface area (Å²) in [7, 11) is 0. The van der Waals surface area contributed by atoms with Crippen molar-refractivity contribution in [1.82, 2.24) is 15.2 Å². The molecule has 1 aliphatic rings. The van der Waals surface area contributed by atoms with Crippen LogP contribution in [0.15, 0.2) is 60.8 Å². The summed E-state index contributed by atoms with van der Waals surface area (Å²) in [5.41, 5.74) is 5.15. The van der Waals surface area contributed by atoms with Gasteiger partial charge in [-0.15, -0.1) is 0 Å². The maximum absolute atomic E-state index is 13.6. The molecule has 39 heavy (non-hydrogen) atoms. The number of hydrogen-bond donors (Lipinski definition) is 3. The number of H-pyrrole nitrogens is 1. The van der Waals surface area contributed by atoms with Gasteiger partial charge in [-0.05, 0) is 66.0 Å². The van der Waals surface area contributed by atoms with E-state index < -0.39 is 6.04 Å². The maximum Gasteiger partial charge on any atom is 0.255 e. The Morgan fingerprint density at radius 3 is 2.62 bits per heavy atom. The lowest BCUT2D eigenvalue weighted by atomic mass is 9.99. The van der Waals surface area contributed by atoms with E-state index in [1.54, 1.807) is 6.07 Å². The molecule has 0 aliphatic carbocycles. The van der Waals surface area contributed by atoms with E-state index in [1.165, 1.54) is 0 Å². The first-order valence-electron chi connectivity index (χ1n) is 13.4. The van der Waals surface area contributed by atoms with Crippen molar-refractivity contribution in [3.05, 3.63) is 82.5 Å². The highest BCUT2D eigenvalue weighted by atomic mass is 35.5. The van der Waals surface area contributed by atoms with Gasteiger partial charge in [-0.25, -0.2) is 0 Å². The summed E-state index contributed by atoms with van der Waals surface area (Å²) in [6, 6.07) is 17.2. The molecule has 4 aromatic rings. The van der Waals surface area contributed by atoms with Gasteiger partial charge < -0.3 is 24.9 Å². The summed E-state index contributed by atoms with van der Waals surface area (Å²) in [4.78, 5) is 19.1. The van der Waals surface area contributed by atoms with Crippen LogP contribution in [0.25, 0.3) is 22.0 Å². The number of ether oxygens (including phenoxy) is 2. The Labute approximate surface area is 233 Å². The zero-order valence-electron chi connectivity index (χ0n) is 22.3. The zero-order valence-corrected chi connectivity index (χ0v) is 23.1. The smallest absolute Gasteiger partial charge is 0.255 e. The Bertz CT molecular complexity index is 1460. The minimum absolute atomic E-state index is 0.200. The molecule has 0 radical (unpaired) electrons. The van der Waals surface area contributed by atoms with Crippen molar-refractivity contribution in [2.45, 2.75) is 32.9 Å². The Kier molecular flexibility index (Phi) is 8.41. The summed E-state index contributed by atoms with van der Waals surface area (Å²) in [6.45, 7) is 7.51. The number of aromatic nitrogens is 1. The third kappa shape index (κ3) is 5.91. The molecule has 1 aliphatic heterocycles. The SMILES string of the molecule is CCN(CC)Cc1ccc(-c2cc3c(c(C(=O)N[C@@H](CO)Cc4c[nH]c5ccccc45)c2)OCCO3)cc1Cl. The van der Waals surface area contributed by atoms with Crippen LogP contribution in [0.1, 0.15) is 35.3 Å². The molecule has 0 saturated heterocycles. The van der Waals surface area contributed by atoms with Gasteiger partial charge in [-0.3, -0.25) is 9.69 Å². The molecule has 0 spiro atoms. The summed E-state index contributed by atoms with van der Waals surface area (Å²) < 4.78 is 11.8. The maximum atomic E-state index is 13.6. The van der Waals surface area contributed by atoms with Gasteiger partial charge >= 0.3 is 0 Å². The number of aliphatic hydroxyl groups excluding tert-OH is 1. The molecule has 3 aromatic carbocycles. The number of aromatic amines is 1. The van der Waals surface area contributed by atoms with Gasteiger partial charge in [-0.2, -0.15) is 0 Å². The second-order valence-electron chi connectivity index (χ2n) is 9.73. The summed E-state index contributed by atoms with van der Waals surface area (Å²) in [5, 5.41) is 14.9. The highest BCUT2D eigenvalue weighted by Gasteiger charge is 2.25. The zero-order chi connectivity index (χ0) is 27.4. The second kappa shape index (κ2) is 12.1. The lowest BCUT2D eigenvalue weighted by Gasteiger charge is -2.23. The third-order valence-corrected chi connectivity index (χ3v) is 7.61. The molecule has 0 unspecified atom stereocenters. The quantitative estimate of drug-likeness (QED) is 0.246. The molecular formula is C31H34ClN3O4. The number of benzene rings is 3. The van der Waals surface area contributed by atoms with E-state index in [0.29, 0.717) is 41.7 Å². The van der Waals surface area contributed by atoms with E-state index in [9.17, 15) is 9.90 Å². The Balaban J connectivity index is 1.42. The Morgan fingerprint density at radius 1 is 1.05 bits per heavy atom. The van der Waals surface area contributed by atoms with Crippen LogP contribution in [-0.4, -0.2) is 59.8 Å². The largest absolute Gasteiger partial charge is 0.486 e. The fourth-order valence-electron chi connectivity index (χ4n) is 5.02. The minimum atomic E-state index is -0.477. The van der Waals surface area contributed by atoms with E-state index in [1.807, 2.05) is 54.7 Å². The van der Waals surface area contributed by atoms with Crippen LogP contribution < -0.4 is 14.8 Å². The van der Waals surface area contributed by atoms with E-state index >= 15 is 0 Å². The molecule has 2 heterocycles. The number of carbonyl (C=O) groups is 1. The molecule has 0 fully saturated rings. The second-order valence-corrected chi connectivity index (χ2v) is 10.1. The van der Waals surface area contributed by atoms with Crippen LogP contribution in [0.4, 0.5) is 0 Å². The molecule has 1 atom stereocenters. The average molecular weight is 548 g/mol. The molecule has 0 bridgehead atoms. The van der Waals surface area contributed by atoms with Crippen LogP contribution in [0.5, 0.6) is 11.5 Å². The predicted molar refractivity (Wildman–Crippen MR) is 155 cm³/mol. The highest BCUT2D eigenvalue weighted by Crippen LogP contribution is 2.39. The van der Waals surface area contributed by atoms with Crippen molar-refractivity contribution in [3.8, 4) is 22.6 Å². The van der Waals surface area contributed by atoms with Crippen molar-refractivity contribution in [1.29, 1.82) is 0 Å². The lowest BCUT2D eigenvalue weighted by molar-refractivity contribution is 0.0906. The molecule has 1 amide bonds. The summed E-state index contributed by atoms with van der Waals surface area (Å²) in [5.74, 6) is 0.599. The van der Waals surface area contributed by atoms with Crippen molar-refractivity contribution >= 4 is 28.4 Å². The molecular weight excluding hydrogens is 514 g/mol. The molecule has 204 valence electrons. The molecule has 0 saturated carbocycles. The molecule has 5 rings (SSSR count). The molecule has 7 nitrogen and oxygen atoms in total. The topological polar surface area (TPSA) is 86.8 Å².